The molecule has 1 aliphatic heterocycles. The zero-order chi connectivity index (χ0) is 55.2. The number of thiol groups is 2. The maximum atomic E-state index is 14.5. The molecule has 2 aromatic rings. The van der Waals surface area contributed by atoms with E-state index in [0.29, 0.717) is 36.3 Å². The van der Waals surface area contributed by atoms with E-state index >= 15 is 0 Å². The van der Waals surface area contributed by atoms with Gasteiger partial charge in [-0.05, 0) is 74.6 Å². The molecule has 2 aliphatic rings. The highest BCUT2D eigenvalue weighted by molar-refractivity contribution is 7.81. The lowest BCUT2D eigenvalue weighted by molar-refractivity contribution is -0.142. The van der Waals surface area contributed by atoms with Crippen LogP contribution in [0.5, 0.6) is 5.75 Å². The van der Waals surface area contributed by atoms with Gasteiger partial charge in [0.15, 0.2) is 5.96 Å². The predicted molar refractivity (Wildman–Crippen MR) is 289 cm³/mol. The Kier molecular flexibility index (Phi) is 24.5. The van der Waals surface area contributed by atoms with E-state index < -0.39 is 107 Å². The molecule has 412 valence electrons. The van der Waals surface area contributed by atoms with Crippen LogP contribution < -0.4 is 59.6 Å². The lowest BCUT2D eigenvalue weighted by atomic mass is 9.85. The summed E-state index contributed by atoms with van der Waals surface area (Å²) in [5.74, 6) is -7.19. The molecule has 1 saturated heterocycles. The van der Waals surface area contributed by atoms with E-state index in [1.165, 1.54) is 4.90 Å². The maximum Gasteiger partial charge on any atom is 0.246 e. The summed E-state index contributed by atoms with van der Waals surface area (Å²) in [7, 11) is 0. The second-order valence-electron chi connectivity index (χ2n) is 19.4. The quantitative estimate of drug-likeness (QED) is 0.0218. The van der Waals surface area contributed by atoms with Crippen LogP contribution in [0, 0.1) is 5.92 Å². The van der Waals surface area contributed by atoms with E-state index in [1.807, 2.05) is 6.92 Å². The van der Waals surface area contributed by atoms with Crippen LogP contribution in [0.15, 0.2) is 59.6 Å². The number of carbonyl (C=O) groups excluding carboxylic acids is 9. The van der Waals surface area contributed by atoms with Crippen molar-refractivity contribution in [2.75, 3.05) is 25.4 Å². The lowest BCUT2D eigenvalue weighted by Gasteiger charge is -2.32. The Morgan fingerprint density at radius 3 is 1.89 bits per heavy atom. The summed E-state index contributed by atoms with van der Waals surface area (Å²) in [6.07, 6.45) is 4.95. The number of nitrogens with one attached hydrogen (secondary N) is 6. The summed E-state index contributed by atoms with van der Waals surface area (Å²) in [6.45, 7) is 5.90. The number of guanidine groups is 1. The van der Waals surface area contributed by atoms with Gasteiger partial charge in [0, 0.05) is 42.9 Å². The number of nitrogens with two attached hydrogens (primary N) is 4. The minimum Gasteiger partial charge on any atom is -0.494 e. The van der Waals surface area contributed by atoms with E-state index in [1.54, 1.807) is 68.4 Å². The molecule has 4 rings (SSSR count). The van der Waals surface area contributed by atoms with E-state index in [4.69, 9.17) is 40.3 Å². The number of carbonyl (C=O) groups is 9. The molecule has 1 saturated carbocycles. The van der Waals surface area contributed by atoms with Gasteiger partial charge in [0.1, 0.15) is 48.0 Å². The van der Waals surface area contributed by atoms with Crippen molar-refractivity contribution in [2.45, 2.75) is 151 Å². The first-order chi connectivity index (χ1) is 35.6. The average Bonchev–Trinajstić information content (AvgIpc) is 3.86. The van der Waals surface area contributed by atoms with Gasteiger partial charge >= 0.3 is 0 Å². The SMILES string of the molecule is CCOc1ccc(C[C@@H](NC(=O)CC2(S)CCCCC2)C(=O)N[C@@H](Cc2ccccc2)C(=O)N[C@H](C(=O)N[C@@H](CC(N)=O)C(=O)N[C@@H](CS)C(=O)N2CCC[C@H]2C(=O)N[C@@H](CCCN=C(N)N)C(N)=O)C(C)C)cc1. The summed E-state index contributed by atoms with van der Waals surface area (Å²) < 4.78 is 5.07. The molecule has 0 bridgehead atoms. The van der Waals surface area contributed by atoms with Crippen molar-refractivity contribution in [1.82, 2.24) is 36.8 Å². The minimum atomic E-state index is -1.65. The van der Waals surface area contributed by atoms with Crippen LogP contribution in [0.3, 0.4) is 0 Å². The fourth-order valence-corrected chi connectivity index (χ4v) is 9.78. The average molecular weight is 1080 g/mol. The largest absolute Gasteiger partial charge is 0.494 e. The third kappa shape index (κ3) is 19.9. The molecule has 0 radical (unpaired) electrons. The molecular formula is C51H76N12O10S2. The maximum absolute atomic E-state index is 14.5. The van der Waals surface area contributed by atoms with E-state index in [-0.39, 0.29) is 62.8 Å². The van der Waals surface area contributed by atoms with Crippen molar-refractivity contribution in [3.05, 3.63) is 65.7 Å². The van der Waals surface area contributed by atoms with Crippen LogP contribution in [0.4, 0.5) is 0 Å². The fraction of sp³-hybridized carbons (Fsp3) is 0.569. The number of primary amides is 2. The van der Waals surface area contributed by atoms with Crippen molar-refractivity contribution in [3.63, 3.8) is 0 Å². The highest BCUT2D eigenvalue weighted by atomic mass is 32.1. The fourth-order valence-electron chi connectivity index (χ4n) is 9.07. The Labute approximate surface area is 449 Å². The molecule has 22 nitrogen and oxygen atoms in total. The number of nitrogens with zero attached hydrogens (tertiary/aromatic N) is 2. The zero-order valence-corrected chi connectivity index (χ0v) is 44.8. The molecule has 1 aliphatic carbocycles. The van der Waals surface area contributed by atoms with Gasteiger partial charge in [0.2, 0.25) is 53.2 Å². The molecule has 2 fully saturated rings. The van der Waals surface area contributed by atoms with Gasteiger partial charge in [-0.2, -0.15) is 25.3 Å². The molecule has 0 unspecified atom stereocenters. The summed E-state index contributed by atoms with van der Waals surface area (Å²) in [5.41, 5.74) is 23.2. The molecule has 24 heteroatoms. The molecule has 2 aromatic carbocycles. The molecule has 0 aromatic heterocycles. The van der Waals surface area contributed by atoms with E-state index in [9.17, 15) is 43.2 Å². The third-order valence-electron chi connectivity index (χ3n) is 13.0. The lowest BCUT2D eigenvalue weighted by Crippen LogP contribution is -2.61. The molecule has 75 heavy (non-hydrogen) atoms. The third-order valence-corrected chi connectivity index (χ3v) is 14.0. The Morgan fingerprint density at radius 2 is 1.31 bits per heavy atom. The molecule has 9 amide bonds. The molecule has 7 atom stereocenters. The number of ether oxygens (including phenoxy) is 1. The van der Waals surface area contributed by atoms with Crippen molar-refractivity contribution in [1.29, 1.82) is 0 Å². The number of hydrogen-bond donors (Lipinski definition) is 12. The first-order valence-electron chi connectivity index (χ1n) is 25.5. The summed E-state index contributed by atoms with van der Waals surface area (Å²) in [6, 6.07) is 7.08. The van der Waals surface area contributed by atoms with Gasteiger partial charge in [-0.15, -0.1) is 0 Å². The smallest absolute Gasteiger partial charge is 0.246 e. The molecule has 1 heterocycles. The second kappa shape index (κ2) is 30.1. The van der Waals surface area contributed by atoms with Gasteiger partial charge in [-0.3, -0.25) is 48.1 Å². The first kappa shape index (κ1) is 61.0. The number of hydrogen-bond acceptors (Lipinski definition) is 13. The number of amides is 9. The van der Waals surface area contributed by atoms with Crippen molar-refractivity contribution < 1.29 is 47.9 Å². The standard InChI is InChI=1S/C51H76N12O10S2/c1-4-73-33-19-17-32(18-20-33)26-35(57-41(65)28-51(75)21-9-6-10-22-51)44(67)59-36(25-31-13-7-5-8-14-31)46(69)62-42(30(2)3)48(71)60-37(27-40(52)64)45(68)61-38(29-74)49(72)63-24-12-16-39(63)47(70)58-34(43(53)66)15-11-23-56-50(54)55/h5,7-8,13-14,17-20,30,34-39,42,74-75H,4,6,9-12,15-16,21-29H2,1-3H3,(H2,52,64)(H2,53,66)(H,57,65)(H,58,70)(H,59,67)(H,60,71)(H,61,68)(H,62,69)(H4,54,55,56)/t34-,35+,36-,37-,38-,39-,42-/m0/s1. The van der Waals surface area contributed by atoms with Crippen LogP contribution in [0.25, 0.3) is 0 Å². The van der Waals surface area contributed by atoms with Gasteiger partial charge in [0.25, 0.3) is 0 Å². The first-order valence-corrected chi connectivity index (χ1v) is 26.5. The zero-order valence-electron chi connectivity index (χ0n) is 43.0. The normalized spacial score (nSPS) is 17.4. The van der Waals surface area contributed by atoms with Crippen LogP contribution in [0.2, 0.25) is 0 Å². The summed E-state index contributed by atoms with van der Waals surface area (Å²) >= 11 is 9.16. The number of aliphatic imine (C=N–C) groups is 1. The van der Waals surface area contributed by atoms with Gasteiger partial charge in [-0.1, -0.05) is 75.6 Å². The number of benzene rings is 2. The summed E-state index contributed by atoms with van der Waals surface area (Å²) in [4.78, 5) is 128. The van der Waals surface area contributed by atoms with Crippen molar-refractivity contribution in [2.24, 2.45) is 33.8 Å². The monoisotopic (exact) mass is 1080 g/mol. The predicted octanol–water partition coefficient (Wildman–Crippen LogP) is -0.207. The van der Waals surface area contributed by atoms with Gasteiger partial charge in [0.05, 0.1) is 13.0 Å². The van der Waals surface area contributed by atoms with Gasteiger partial charge < -0.3 is 64.5 Å². The Morgan fingerprint density at radius 1 is 0.720 bits per heavy atom. The van der Waals surface area contributed by atoms with Crippen LogP contribution in [0.1, 0.15) is 103 Å². The minimum absolute atomic E-state index is 0.0217. The Balaban J connectivity index is 1.51. The molecule has 14 N–H and O–H groups in total. The summed E-state index contributed by atoms with van der Waals surface area (Å²) in [5, 5.41) is 16.1. The molecule has 0 spiro atoms. The highest BCUT2D eigenvalue weighted by Crippen LogP contribution is 2.36. The molecular weight excluding hydrogens is 1000 g/mol. The number of rotatable bonds is 29. The Bertz CT molecular complexity index is 2320. The van der Waals surface area contributed by atoms with Crippen molar-refractivity contribution >= 4 is 84.4 Å². The Hall–Kier alpha value is -6.56. The van der Waals surface area contributed by atoms with E-state index in [0.717, 1.165) is 32.1 Å². The second-order valence-corrected chi connectivity index (χ2v) is 20.7. The van der Waals surface area contributed by atoms with E-state index in [2.05, 4.69) is 49.5 Å². The highest BCUT2D eigenvalue weighted by Gasteiger charge is 2.40. The topological polar surface area (TPSA) is 355 Å². The van der Waals surface area contributed by atoms with Crippen LogP contribution >= 0.6 is 25.3 Å². The number of likely N-dealkylation sites (tertiary alicyclic amines) is 1. The van der Waals surface area contributed by atoms with Crippen LogP contribution in [-0.2, 0) is 56.0 Å². The van der Waals surface area contributed by atoms with Crippen molar-refractivity contribution in [3.8, 4) is 5.75 Å². The van der Waals surface area contributed by atoms with Crippen LogP contribution in [-0.4, -0.2) is 137 Å². The van der Waals surface area contributed by atoms with Gasteiger partial charge in [-0.25, -0.2) is 0 Å².